The first kappa shape index (κ1) is 8.56. The van der Waals surface area contributed by atoms with E-state index in [1.807, 2.05) is 13.8 Å². The number of pyridine rings is 1. The first-order valence-electron chi connectivity index (χ1n) is 4.05. The molecule has 4 heteroatoms. The van der Waals surface area contributed by atoms with Crippen LogP contribution >= 0.6 is 11.8 Å². The highest BCUT2D eigenvalue weighted by Crippen LogP contribution is 2.34. The van der Waals surface area contributed by atoms with Crippen molar-refractivity contribution < 1.29 is 4.79 Å². The molecule has 0 radical (unpaired) electrons. The minimum Gasteiger partial charge on any atom is -0.338 e. The van der Waals surface area contributed by atoms with Crippen molar-refractivity contribution in [1.29, 1.82) is 0 Å². The fourth-order valence-electron chi connectivity index (χ4n) is 1.25. The van der Waals surface area contributed by atoms with Crippen molar-refractivity contribution in [1.82, 2.24) is 10.3 Å². The third-order valence-corrected chi connectivity index (χ3v) is 2.91. The van der Waals surface area contributed by atoms with Crippen LogP contribution in [0.1, 0.15) is 24.2 Å². The second-order valence-electron chi connectivity index (χ2n) is 3.42. The van der Waals surface area contributed by atoms with Crippen LogP contribution in [-0.4, -0.2) is 15.8 Å². The van der Waals surface area contributed by atoms with Gasteiger partial charge in [0.15, 0.2) is 0 Å². The summed E-state index contributed by atoms with van der Waals surface area (Å²) in [7, 11) is 0. The minimum absolute atomic E-state index is 0.0353. The van der Waals surface area contributed by atoms with E-state index in [0.717, 1.165) is 5.03 Å². The number of hydrogen-bond donors (Lipinski definition) is 1. The predicted molar refractivity (Wildman–Crippen MR) is 51.6 cm³/mol. The monoisotopic (exact) mass is 194 g/mol. The van der Waals surface area contributed by atoms with Gasteiger partial charge >= 0.3 is 0 Å². The topological polar surface area (TPSA) is 42.0 Å². The smallest absolute Gasteiger partial charge is 0.255 e. The molecular formula is C9H10N2OS. The molecule has 0 aliphatic carbocycles. The van der Waals surface area contributed by atoms with E-state index in [1.165, 1.54) is 0 Å². The lowest BCUT2D eigenvalue weighted by molar-refractivity contribution is 0.0928. The molecule has 0 bridgehead atoms. The van der Waals surface area contributed by atoms with Crippen LogP contribution in [0.5, 0.6) is 0 Å². The van der Waals surface area contributed by atoms with E-state index < -0.39 is 0 Å². The maximum Gasteiger partial charge on any atom is 0.255 e. The number of aromatic nitrogens is 1. The Labute approximate surface area is 80.9 Å². The first-order chi connectivity index (χ1) is 6.08. The molecule has 1 amide bonds. The molecule has 0 aromatic carbocycles. The van der Waals surface area contributed by atoms with E-state index in [2.05, 4.69) is 10.3 Å². The average molecular weight is 194 g/mol. The number of thioether (sulfide) groups is 1. The molecule has 0 spiro atoms. The molecule has 0 atom stereocenters. The summed E-state index contributed by atoms with van der Waals surface area (Å²) in [6.07, 6.45) is 1.71. The Morgan fingerprint density at radius 1 is 1.54 bits per heavy atom. The quantitative estimate of drug-likeness (QED) is 0.683. The largest absolute Gasteiger partial charge is 0.338 e. The fraction of sp³-hybridized carbons (Fsp3) is 0.333. The van der Waals surface area contributed by atoms with Crippen molar-refractivity contribution in [3.8, 4) is 0 Å². The van der Waals surface area contributed by atoms with Gasteiger partial charge in [0.05, 0.1) is 10.4 Å². The number of carbonyl (C=O) groups is 1. The van der Waals surface area contributed by atoms with E-state index in [0.29, 0.717) is 5.56 Å². The minimum atomic E-state index is -0.252. The fourth-order valence-corrected chi connectivity index (χ4v) is 2.26. The van der Waals surface area contributed by atoms with Gasteiger partial charge in [-0.3, -0.25) is 4.79 Å². The summed E-state index contributed by atoms with van der Waals surface area (Å²) >= 11 is 1.57. The van der Waals surface area contributed by atoms with Crippen LogP contribution in [-0.2, 0) is 0 Å². The zero-order valence-corrected chi connectivity index (χ0v) is 8.31. The van der Waals surface area contributed by atoms with Gasteiger partial charge in [-0.2, -0.15) is 0 Å². The molecule has 1 N–H and O–H groups in total. The van der Waals surface area contributed by atoms with E-state index in [1.54, 1.807) is 30.1 Å². The normalized spacial score (nSPS) is 19.1. The van der Waals surface area contributed by atoms with Crippen LogP contribution in [0.3, 0.4) is 0 Å². The van der Waals surface area contributed by atoms with Crippen molar-refractivity contribution in [2.45, 2.75) is 23.7 Å². The molecule has 0 unspecified atom stereocenters. The molecule has 13 heavy (non-hydrogen) atoms. The summed E-state index contributed by atoms with van der Waals surface area (Å²) in [5.74, 6) is -0.0353. The lowest BCUT2D eigenvalue weighted by atomic mass is 10.2. The van der Waals surface area contributed by atoms with Crippen molar-refractivity contribution in [3.63, 3.8) is 0 Å². The van der Waals surface area contributed by atoms with Crippen molar-refractivity contribution in [3.05, 3.63) is 23.9 Å². The summed E-state index contributed by atoms with van der Waals surface area (Å²) in [5, 5.41) is 3.71. The van der Waals surface area contributed by atoms with Crippen LogP contribution in [0, 0.1) is 0 Å². The molecule has 3 nitrogen and oxygen atoms in total. The second kappa shape index (κ2) is 2.73. The molecule has 1 aromatic heterocycles. The molecule has 68 valence electrons. The lowest BCUT2D eigenvalue weighted by Crippen LogP contribution is -2.44. The van der Waals surface area contributed by atoms with Gasteiger partial charge in [0.25, 0.3) is 5.91 Å². The Balaban J connectivity index is 2.49. The van der Waals surface area contributed by atoms with Crippen LogP contribution in [0.2, 0.25) is 0 Å². The molecule has 0 saturated heterocycles. The van der Waals surface area contributed by atoms with Crippen LogP contribution in [0.4, 0.5) is 0 Å². The number of carbonyl (C=O) groups excluding carboxylic acids is 1. The van der Waals surface area contributed by atoms with Gasteiger partial charge in [-0.05, 0) is 26.0 Å². The van der Waals surface area contributed by atoms with Crippen LogP contribution in [0.15, 0.2) is 23.4 Å². The predicted octanol–water partition coefficient (Wildman–Crippen LogP) is 1.65. The molecule has 2 heterocycles. The Morgan fingerprint density at radius 3 is 3.08 bits per heavy atom. The van der Waals surface area contributed by atoms with Gasteiger partial charge in [0, 0.05) is 6.20 Å². The number of amides is 1. The highest BCUT2D eigenvalue weighted by Gasteiger charge is 2.31. The highest BCUT2D eigenvalue weighted by molar-refractivity contribution is 8.00. The maximum atomic E-state index is 11.5. The van der Waals surface area contributed by atoms with Gasteiger partial charge in [-0.15, -0.1) is 0 Å². The first-order valence-corrected chi connectivity index (χ1v) is 4.87. The van der Waals surface area contributed by atoms with Gasteiger partial charge in [0.1, 0.15) is 5.03 Å². The molecule has 0 fully saturated rings. The second-order valence-corrected chi connectivity index (χ2v) is 5.03. The highest BCUT2D eigenvalue weighted by atomic mass is 32.2. The summed E-state index contributed by atoms with van der Waals surface area (Å²) in [4.78, 5) is 15.5. The summed E-state index contributed by atoms with van der Waals surface area (Å²) in [6.45, 7) is 3.93. The zero-order chi connectivity index (χ0) is 9.47. The number of nitrogens with zero attached hydrogens (tertiary/aromatic N) is 1. The third kappa shape index (κ3) is 1.54. The molecule has 2 rings (SSSR count). The number of hydrogen-bond acceptors (Lipinski definition) is 3. The van der Waals surface area contributed by atoms with Crippen molar-refractivity contribution >= 4 is 17.7 Å². The summed E-state index contributed by atoms with van der Waals surface area (Å²) in [6, 6.07) is 3.57. The lowest BCUT2D eigenvalue weighted by Gasteiger charge is -2.30. The SMILES string of the molecule is CC1(C)NC(=O)c2cccnc2S1. The molecule has 1 aliphatic heterocycles. The number of fused-ring (bicyclic) bond motifs is 1. The maximum absolute atomic E-state index is 11.5. The molecule has 1 aliphatic rings. The third-order valence-electron chi connectivity index (χ3n) is 1.78. The average Bonchev–Trinajstić information content (AvgIpc) is 2.02. The Kier molecular flexibility index (Phi) is 1.80. The molecule has 1 aromatic rings. The van der Waals surface area contributed by atoms with Crippen molar-refractivity contribution in [2.75, 3.05) is 0 Å². The molecular weight excluding hydrogens is 184 g/mol. The van der Waals surface area contributed by atoms with Gasteiger partial charge < -0.3 is 5.32 Å². The van der Waals surface area contributed by atoms with Crippen molar-refractivity contribution in [2.24, 2.45) is 0 Å². The van der Waals surface area contributed by atoms with E-state index in [-0.39, 0.29) is 10.8 Å². The van der Waals surface area contributed by atoms with Crippen LogP contribution < -0.4 is 5.32 Å². The standard InChI is InChI=1S/C9H10N2OS/c1-9(2)11-7(12)6-4-3-5-10-8(6)13-9/h3-5H,1-2H3,(H,11,12). The summed E-state index contributed by atoms with van der Waals surface area (Å²) in [5.41, 5.74) is 0.673. The van der Waals surface area contributed by atoms with Crippen LogP contribution in [0.25, 0.3) is 0 Å². The van der Waals surface area contributed by atoms with E-state index >= 15 is 0 Å². The van der Waals surface area contributed by atoms with E-state index in [9.17, 15) is 4.79 Å². The van der Waals surface area contributed by atoms with Gasteiger partial charge in [-0.1, -0.05) is 11.8 Å². The van der Waals surface area contributed by atoms with Gasteiger partial charge in [-0.25, -0.2) is 4.98 Å². The Bertz CT molecular complexity index is 362. The van der Waals surface area contributed by atoms with E-state index in [4.69, 9.17) is 0 Å². The molecule has 0 saturated carbocycles. The Morgan fingerprint density at radius 2 is 2.31 bits per heavy atom. The Hall–Kier alpha value is -1.03. The number of rotatable bonds is 0. The summed E-state index contributed by atoms with van der Waals surface area (Å²) < 4.78 is 0. The number of nitrogens with one attached hydrogen (secondary N) is 1. The zero-order valence-electron chi connectivity index (χ0n) is 7.50. The van der Waals surface area contributed by atoms with Gasteiger partial charge in [0.2, 0.25) is 0 Å².